The zero-order valence-corrected chi connectivity index (χ0v) is 11.6. The molecule has 6 nitrogen and oxygen atoms in total. The second-order valence-electron chi connectivity index (χ2n) is 5.59. The van der Waals surface area contributed by atoms with Gasteiger partial charge in [0.05, 0.1) is 5.92 Å². The summed E-state index contributed by atoms with van der Waals surface area (Å²) in [5, 5.41) is 47.2. The molecule has 0 aliphatic heterocycles. The Morgan fingerprint density at radius 3 is 2.32 bits per heavy atom. The average Bonchev–Trinajstić information content (AvgIpc) is 2.32. The molecule has 1 aliphatic carbocycles. The van der Waals surface area contributed by atoms with E-state index in [0.29, 0.717) is 18.7 Å². The highest BCUT2D eigenvalue weighted by atomic mass is 35.5. The highest BCUT2D eigenvalue weighted by Crippen LogP contribution is 2.53. The van der Waals surface area contributed by atoms with Gasteiger partial charge in [0.25, 0.3) is 5.79 Å². The maximum absolute atomic E-state index is 12.0. The smallest absolute Gasteiger partial charge is 0.264 e. The summed E-state index contributed by atoms with van der Waals surface area (Å²) in [5.41, 5.74) is -1.09. The molecule has 0 aromatic carbocycles. The minimum atomic E-state index is -2.93. The second kappa shape index (κ2) is 5.00. The maximum atomic E-state index is 12.0. The second-order valence-corrected chi connectivity index (χ2v) is 5.89. The third-order valence-corrected chi connectivity index (χ3v) is 4.48. The van der Waals surface area contributed by atoms with Crippen molar-refractivity contribution >= 4 is 17.4 Å². The lowest BCUT2D eigenvalue weighted by Gasteiger charge is -2.51. The van der Waals surface area contributed by atoms with Crippen molar-refractivity contribution in [1.82, 2.24) is 0 Å². The van der Waals surface area contributed by atoms with Gasteiger partial charge in [-0.3, -0.25) is 4.79 Å². The zero-order chi connectivity index (χ0) is 15.1. The van der Waals surface area contributed by atoms with Gasteiger partial charge in [0.2, 0.25) is 11.6 Å². The number of nitrogens with zero attached hydrogens (tertiary/aromatic N) is 1. The summed E-state index contributed by atoms with van der Waals surface area (Å²) in [5.74, 6) is -8.02. The maximum Gasteiger partial charge on any atom is 0.264 e. The number of nitriles is 1. The fourth-order valence-electron chi connectivity index (χ4n) is 2.49. The molecule has 0 aromatic rings. The summed E-state index contributed by atoms with van der Waals surface area (Å²) in [6.07, 6.45) is 0.691. The van der Waals surface area contributed by atoms with Crippen LogP contribution in [0.4, 0.5) is 0 Å². The molecule has 1 fully saturated rings. The average molecular weight is 292 g/mol. The molecular formula is C12H18ClNO5. The number of alkyl halides is 1. The predicted molar refractivity (Wildman–Crippen MR) is 65.7 cm³/mol. The molecular weight excluding hydrogens is 274 g/mol. The van der Waals surface area contributed by atoms with Crippen molar-refractivity contribution in [3.8, 4) is 6.07 Å². The van der Waals surface area contributed by atoms with Crippen LogP contribution >= 0.6 is 11.6 Å². The lowest BCUT2D eigenvalue weighted by Crippen LogP contribution is -2.62. The van der Waals surface area contributed by atoms with Gasteiger partial charge in [0.1, 0.15) is 6.07 Å². The molecule has 1 rings (SSSR count). The predicted octanol–water partition coefficient (Wildman–Crippen LogP) is -0.268. The normalized spacial score (nSPS) is 29.3. The molecule has 1 aliphatic rings. The Balaban J connectivity index is 2.90. The molecule has 108 valence electrons. The Kier molecular flexibility index (Phi) is 4.30. The number of ketones is 1. The van der Waals surface area contributed by atoms with Crippen molar-refractivity contribution in [1.29, 1.82) is 5.26 Å². The van der Waals surface area contributed by atoms with Crippen LogP contribution in [0.15, 0.2) is 0 Å². The molecule has 1 saturated carbocycles. The molecule has 4 N–H and O–H groups in total. The molecule has 0 heterocycles. The SMILES string of the molecule is CC(C(=O)C(O)(O)C1(C)CC(CCl)C1)C(O)(O)C#N. The summed E-state index contributed by atoms with van der Waals surface area (Å²) in [6.45, 7) is 2.58. The van der Waals surface area contributed by atoms with E-state index in [2.05, 4.69) is 0 Å². The highest BCUT2D eigenvalue weighted by Gasteiger charge is 2.60. The number of hydrogen-bond acceptors (Lipinski definition) is 6. The van der Waals surface area contributed by atoms with Crippen LogP contribution < -0.4 is 0 Å². The molecule has 0 saturated heterocycles. The summed E-state index contributed by atoms with van der Waals surface area (Å²) in [6, 6.07) is 1.15. The Morgan fingerprint density at radius 2 is 1.95 bits per heavy atom. The quantitative estimate of drug-likeness (QED) is 0.314. The fourth-order valence-corrected chi connectivity index (χ4v) is 2.71. The van der Waals surface area contributed by atoms with Gasteiger partial charge in [-0.05, 0) is 25.7 Å². The van der Waals surface area contributed by atoms with Gasteiger partial charge in [-0.15, -0.1) is 11.6 Å². The first-order chi connectivity index (χ1) is 8.52. The number of rotatable bonds is 5. The van der Waals surface area contributed by atoms with Crippen LogP contribution in [0.5, 0.6) is 0 Å². The van der Waals surface area contributed by atoms with Crippen LogP contribution in [0.2, 0.25) is 0 Å². The summed E-state index contributed by atoms with van der Waals surface area (Å²) >= 11 is 5.65. The highest BCUT2D eigenvalue weighted by molar-refractivity contribution is 6.18. The van der Waals surface area contributed by atoms with Crippen molar-refractivity contribution in [3.05, 3.63) is 0 Å². The van der Waals surface area contributed by atoms with Gasteiger partial charge >= 0.3 is 0 Å². The molecule has 1 atom stereocenters. The van der Waals surface area contributed by atoms with Crippen LogP contribution in [0, 0.1) is 28.6 Å². The van der Waals surface area contributed by atoms with Gasteiger partial charge in [-0.25, -0.2) is 0 Å². The van der Waals surface area contributed by atoms with Gasteiger partial charge < -0.3 is 20.4 Å². The van der Waals surface area contributed by atoms with Crippen LogP contribution in [0.3, 0.4) is 0 Å². The summed E-state index contributed by atoms with van der Waals surface area (Å²) < 4.78 is 0. The molecule has 0 radical (unpaired) electrons. The van der Waals surface area contributed by atoms with E-state index in [1.54, 1.807) is 0 Å². The van der Waals surface area contributed by atoms with Crippen molar-refractivity contribution in [2.45, 2.75) is 38.3 Å². The minimum absolute atomic E-state index is 0.0948. The Hall–Kier alpha value is -0.710. The van der Waals surface area contributed by atoms with Crippen molar-refractivity contribution in [3.63, 3.8) is 0 Å². The molecule has 1 unspecified atom stereocenters. The van der Waals surface area contributed by atoms with Gasteiger partial charge in [-0.2, -0.15) is 5.26 Å². The van der Waals surface area contributed by atoms with Crippen LogP contribution in [-0.4, -0.2) is 43.7 Å². The topological polar surface area (TPSA) is 122 Å². The lowest BCUT2D eigenvalue weighted by atomic mass is 9.57. The van der Waals surface area contributed by atoms with E-state index in [9.17, 15) is 25.2 Å². The Morgan fingerprint density at radius 1 is 1.47 bits per heavy atom. The third kappa shape index (κ3) is 2.62. The minimum Gasteiger partial charge on any atom is -0.359 e. The number of Topliss-reactive ketones (excluding diaryl/α,β-unsaturated/α-hetero) is 1. The number of carbonyl (C=O) groups excluding carboxylic acids is 1. The van der Waals surface area contributed by atoms with E-state index in [1.807, 2.05) is 0 Å². The van der Waals surface area contributed by atoms with Crippen LogP contribution in [-0.2, 0) is 4.79 Å². The summed E-state index contributed by atoms with van der Waals surface area (Å²) in [4.78, 5) is 12.0. The first-order valence-electron chi connectivity index (χ1n) is 5.93. The van der Waals surface area contributed by atoms with E-state index in [0.717, 1.165) is 13.0 Å². The lowest BCUT2D eigenvalue weighted by molar-refractivity contribution is -0.265. The summed E-state index contributed by atoms with van der Waals surface area (Å²) in [7, 11) is 0. The number of carbonyl (C=O) groups is 1. The van der Waals surface area contributed by atoms with Crippen molar-refractivity contribution in [2.75, 3.05) is 5.88 Å². The number of halogens is 1. The fraction of sp³-hybridized carbons (Fsp3) is 0.833. The molecule has 0 amide bonds. The largest absolute Gasteiger partial charge is 0.359 e. The van der Waals surface area contributed by atoms with E-state index in [1.165, 1.54) is 6.92 Å². The Labute approximate surface area is 116 Å². The molecule has 0 aromatic heterocycles. The van der Waals surface area contributed by atoms with E-state index in [4.69, 9.17) is 16.9 Å². The van der Waals surface area contributed by atoms with Crippen molar-refractivity contribution in [2.24, 2.45) is 17.3 Å². The first kappa shape index (κ1) is 16.3. The third-order valence-electron chi connectivity index (χ3n) is 4.04. The van der Waals surface area contributed by atoms with Gasteiger partial charge in [-0.1, -0.05) is 6.92 Å². The molecule has 0 bridgehead atoms. The Bertz CT molecular complexity index is 409. The van der Waals surface area contributed by atoms with E-state index in [-0.39, 0.29) is 5.92 Å². The van der Waals surface area contributed by atoms with Gasteiger partial charge in [0, 0.05) is 11.3 Å². The zero-order valence-electron chi connectivity index (χ0n) is 10.8. The number of hydrogen-bond donors (Lipinski definition) is 4. The van der Waals surface area contributed by atoms with Crippen LogP contribution in [0.1, 0.15) is 26.7 Å². The molecule has 19 heavy (non-hydrogen) atoms. The van der Waals surface area contributed by atoms with E-state index < -0.39 is 28.7 Å². The van der Waals surface area contributed by atoms with E-state index >= 15 is 0 Å². The van der Waals surface area contributed by atoms with Crippen molar-refractivity contribution < 1.29 is 25.2 Å². The first-order valence-corrected chi connectivity index (χ1v) is 6.46. The monoisotopic (exact) mass is 291 g/mol. The van der Waals surface area contributed by atoms with Gasteiger partial charge in [0.15, 0.2) is 0 Å². The van der Waals surface area contributed by atoms with Crippen LogP contribution in [0.25, 0.3) is 0 Å². The standard InChI is InChI=1S/C12H18ClNO5/c1-7(11(16,17)6-14)9(15)12(18,19)10(2)3-8(4-10)5-13/h7-8,16-19H,3-5H2,1-2H3. The number of aliphatic hydroxyl groups is 4. The molecule has 0 spiro atoms. The molecule has 7 heteroatoms.